The average molecular weight is 281 g/mol. The number of hydrogen-bond donors (Lipinski definition) is 1. The van der Waals surface area contributed by atoms with E-state index in [2.05, 4.69) is 5.32 Å². The molecule has 1 aromatic carbocycles. The molecule has 108 valence electrons. The van der Waals surface area contributed by atoms with Crippen LogP contribution in [0.15, 0.2) is 18.2 Å². The molecule has 0 unspecified atom stereocenters. The Labute approximate surface area is 115 Å². The number of carbonyl (C=O) groups is 1. The monoisotopic (exact) mass is 281 g/mol. The van der Waals surface area contributed by atoms with Crippen molar-refractivity contribution in [1.29, 1.82) is 0 Å². The number of rotatable bonds is 3. The highest BCUT2D eigenvalue weighted by Gasteiger charge is 2.25. The molecule has 0 spiro atoms. The van der Waals surface area contributed by atoms with E-state index in [0.717, 1.165) is 25.0 Å². The third-order valence-electron chi connectivity index (χ3n) is 3.58. The molecule has 1 amide bonds. The SMILES string of the molecule is CNC1CCN(C(=O)c2ccc([N+](=O)[O-])cc2F)CC1. The van der Waals surface area contributed by atoms with E-state index in [-0.39, 0.29) is 11.3 Å². The number of halogens is 1. The standard InChI is InChI=1S/C13H16FN3O3/c1-15-9-4-6-16(7-5-9)13(18)11-3-2-10(17(19)20)8-12(11)14/h2-3,8-9,15H,4-7H2,1H3. The average Bonchev–Trinajstić information content (AvgIpc) is 2.46. The van der Waals surface area contributed by atoms with Gasteiger partial charge in [0.2, 0.25) is 0 Å². The van der Waals surface area contributed by atoms with Crippen molar-refractivity contribution in [3.63, 3.8) is 0 Å². The summed E-state index contributed by atoms with van der Waals surface area (Å²) in [5.41, 5.74) is -0.466. The van der Waals surface area contributed by atoms with Crippen LogP contribution >= 0.6 is 0 Å². The first-order valence-corrected chi connectivity index (χ1v) is 6.43. The van der Waals surface area contributed by atoms with Crippen molar-refractivity contribution in [3.05, 3.63) is 39.7 Å². The topological polar surface area (TPSA) is 75.5 Å². The number of piperidine rings is 1. The van der Waals surface area contributed by atoms with Crippen molar-refractivity contribution in [2.24, 2.45) is 0 Å². The Bertz CT molecular complexity index is 528. The molecule has 7 heteroatoms. The number of nitrogens with zero attached hydrogens (tertiary/aromatic N) is 2. The van der Waals surface area contributed by atoms with Gasteiger partial charge >= 0.3 is 0 Å². The Morgan fingerprint density at radius 1 is 1.45 bits per heavy atom. The lowest BCUT2D eigenvalue weighted by atomic mass is 10.0. The summed E-state index contributed by atoms with van der Waals surface area (Å²) >= 11 is 0. The second kappa shape index (κ2) is 5.96. The highest BCUT2D eigenvalue weighted by Crippen LogP contribution is 2.20. The Morgan fingerprint density at radius 3 is 2.60 bits per heavy atom. The van der Waals surface area contributed by atoms with E-state index < -0.39 is 16.6 Å². The van der Waals surface area contributed by atoms with Crippen LogP contribution in [0.25, 0.3) is 0 Å². The van der Waals surface area contributed by atoms with Gasteiger partial charge in [0.15, 0.2) is 0 Å². The van der Waals surface area contributed by atoms with Crippen LogP contribution in [0.4, 0.5) is 10.1 Å². The maximum Gasteiger partial charge on any atom is 0.272 e. The normalized spacial score (nSPS) is 16.2. The summed E-state index contributed by atoms with van der Waals surface area (Å²) in [6.45, 7) is 1.11. The van der Waals surface area contributed by atoms with Gasteiger partial charge in [0, 0.05) is 25.2 Å². The van der Waals surface area contributed by atoms with Gasteiger partial charge in [-0.3, -0.25) is 14.9 Å². The number of hydrogen-bond acceptors (Lipinski definition) is 4. The lowest BCUT2D eigenvalue weighted by Gasteiger charge is -2.31. The number of amides is 1. The maximum atomic E-state index is 13.8. The largest absolute Gasteiger partial charge is 0.338 e. The number of carbonyl (C=O) groups excluding carboxylic acids is 1. The van der Waals surface area contributed by atoms with Gasteiger partial charge < -0.3 is 10.2 Å². The number of nitro benzene ring substituents is 1. The van der Waals surface area contributed by atoms with Gasteiger partial charge in [-0.15, -0.1) is 0 Å². The number of nitrogens with one attached hydrogen (secondary N) is 1. The molecule has 0 atom stereocenters. The quantitative estimate of drug-likeness (QED) is 0.674. The van der Waals surface area contributed by atoms with Gasteiger partial charge in [-0.2, -0.15) is 0 Å². The first-order chi connectivity index (χ1) is 9.52. The van der Waals surface area contributed by atoms with E-state index >= 15 is 0 Å². The molecule has 6 nitrogen and oxygen atoms in total. The van der Waals surface area contributed by atoms with E-state index in [4.69, 9.17) is 0 Å². The van der Waals surface area contributed by atoms with Gasteiger partial charge in [-0.1, -0.05) is 0 Å². The third-order valence-corrected chi connectivity index (χ3v) is 3.58. The fourth-order valence-corrected chi connectivity index (χ4v) is 2.33. The van der Waals surface area contributed by atoms with Crippen LogP contribution in [-0.2, 0) is 0 Å². The van der Waals surface area contributed by atoms with E-state index in [0.29, 0.717) is 19.1 Å². The van der Waals surface area contributed by atoms with E-state index in [9.17, 15) is 19.3 Å². The third kappa shape index (κ3) is 2.93. The van der Waals surface area contributed by atoms with Crippen LogP contribution in [0.1, 0.15) is 23.2 Å². The highest BCUT2D eigenvalue weighted by molar-refractivity contribution is 5.94. The second-order valence-corrected chi connectivity index (χ2v) is 4.78. The zero-order chi connectivity index (χ0) is 14.7. The molecule has 0 bridgehead atoms. The van der Waals surface area contributed by atoms with Crippen molar-refractivity contribution >= 4 is 11.6 Å². The van der Waals surface area contributed by atoms with E-state index in [1.165, 1.54) is 6.07 Å². The van der Waals surface area contributed by atoms with Crippen LogP contribution < -0.4 is 5.32 Å². The Hall–Kier alpha value is -2.02. The molecule has 2 rings (SSSR count). The van der Waals surface area contributed by atoms with Crippen molar-refractivity contribution < 1.29 is 14.1 Å². The summed E-state index contributed by atoms with van der Waals surface area (Å²) in [5, 5.41) is 13.7. The summed E-state index contributed by atoms with van der Waals surface area (Å²) in [6.07, 6.45) is 1.63. The lowest BCUT2D eigenvalue weighted by Crippen LogP contribution is -2.44. The summed E-state index contributed by atoms with van der Waals surface area (Å²) < 4.78 is 13.8. The van der Waals surface area contributed by atoms with Crippen molar-refractivity contribution in [1.82, 2.24) is 10.2 Å². The first-order valence-electron chi connectivity index (χ1n) is 6.43. The fraction of sp³-hybridized carbons (Fsp3) is 0.462. The molecule has 1 aromatic rings. The van der Waals surface area contributed by atoms with Gasteiger partial charge in [0.05, 0.1) is 16.6 Å². The first kappa shape index (κ1) is 14.4. The van der Waals surface area contributed by atoms with Crippen molar-refractivity contribution in [3.8, 4) is 0 Å². The Balaban J connectivity index is 2.12. The van der Waals surface area contributed by atoms with Crippen LogP contribution in [0.3, 0.4) is 0 Å². The molecule has 20 heavy (non-hydrogen) atoms. The predicted octanol–water partition coefficient (Wildman–Crippen LogP) is 1.56. The maximum absolute atomic E-state index is 13.8. The van der Waals surface area contributed by atoms with Gasteiger partial charge in [-0.25, -0.2) is 4.39 Å². The minimum Gasteiger partial charge on any atom is -0.338 e. The second-order valence-electron chi connectivity index (χ2n) is 4.78. The predicted molar refractivity (Wildman–Crippen MR) is 71.0 cm³/mol. The van der Waals surface area contributed by atoms with Gasteiger partial charge in [0.25, 0.3) is 11.6 Å². The number of non-ortho nitro benzene ring substituents is 1. The van der Waals surface area contributed by atoms with E-state index in [1.54, 1.807) is 4.90 Å². The molecule has 1 aliphatic heterocycles. The molecular formula is C13H16FN3O3. The zero-order valence-corrected chi connectivity index (χ0v) is 11.1. The number of nitro groups is 1. The summed E-state index contributed by atoms with van der Waals surface area (Å²) in [7, 11) is 1.87. The molecule has 0 saturated carbocycles. The highest BCUT2D eigenvalue weighted by atomic mass is 19.1. The zero-order valence-electron chi connectivity index (χ0n) is 11.1. The van der Waals surface area contributed by atoms with Crippen LogP contribution in [-0.4, -0.2) is 41.9 Å². The van der Waals surface area contributed by atoms with E-state index in [1.807, 2.05) is 7.05 Å². The van der Waals surface area contributed by atoms with Crippen LogP contribution in [0, 0.1) is 15.9 Å². The molecule has 1 aliphatic rings. The van der Waals surface area contributed by atoms with Crippen LogP contribution in [0.2, 0.25) is 0 Å². The molecule has 0 radical (unpaired) electrons. The van der Waals surface area contributed by atoms with Crippen molar-refractivity contribution in [2.75, 3.05) is 20.1 Å². The van der Waals surface area contributed by atoms with Gasteiger partial charge in [0.1, 0.15) is 5.82 Å². The fourth-order valence-electron chi connectivity index (χ4n) is 2.33. The molecule has 1 N–H and O–H groups in total. The molecule has 1 saturated heterocycles. The lowest BCUT2D eigenvalue weighted by molar-refractivity contribution is -0.385. The smallest absolute Gasteiger partial charge is 0.272 e. The summed E-state index contributed by atoms with van der Waals surface area (Å²) in [6, 6.07) is 3.49. The molecule has 0 aliphatic carbocycles. The molecule has 0 aromatic heterocycles. The Morgan fingerprint density at radius 2 is 2.10 bits per heavy atom. The minimum atomic E-state index is -0.847. The summed E-state index contributed by atoms with van der Waals surface area (Å²) in [4.78, 5) is 23.6. The summed E-state index contributed by atoms with van der Waals surface area (Å²) in [5.74, 6) is -1.26. The number of benzene rings is 1. The Kier molecular flexibility index (Phi) is 4.29. The molecule has 1 fully saturated rings. The van der Waals surface area contributed by atoms with Crippen molar-refractivity contribution in [2.45, 2.75) is 18.9 Å². The minimum absolute atomic E-state index is 0.112. The van der Waals surface area contributed by atoms with Crippen LogP contribution in [0.5, 0.6) is 0 Å². The molecular weight excluding hydrogens is 265 g/mol. The van der Waals surface area contributed by atoms with Gasteiger partial charge in [-0.05, 0) is 26.0 Å². The number of likely N-dealkylation sites (tertiary alicyclic amines) is 1. The molecule has 1 heterocycles.